The Hall–Kier alpha value is -1.65. The molecule has 0 saturated heterocycles. The first kappa shape index (κ1) is 12.4. The van der Waals surface area contributed by atoms with E-state index in [1.807, 2.05) is 6.92 Å². The highest BCUT2D eigenvalue weighted by Gasteiger charge is 2.22. The SMILES string of the molecule is CCc1nn(C)cc1C(=O)C(C)CC(=O)O. The van der Waals surface area contributed by atoms with E-state index in [0.717, 1.165) is 5.69 Å². The Kier molecular flexibility index (Phi) is 3.82. The zero-order valence-electron chi connectivity index (χ0n) is 9.73. The number of carbonyl (C=O) groups is 2. The summed E-state index contributed by atoms with van der Waals surface area (Å²) in [6.45, 7) is 3.55. The molecule has 0 aliphatic rings. The highest BCUT2D eigenvalue weighted by Crippen LogP contribution is 2.15. The van der Waals surface area contributed by atoms with Gasteiger partial charge in [-0.2, -0.15) is 5.10 Å². The summed E-state index contributed by atoms with van der Waals surface area (Å²) >= 11 is 0. The van der Waals surface area contributed by atoms with E-state index in [0.29, 0.717) is 12.0 Å². The molecule has 16 heavy (non-hydrogen) atoms. The standard InChI is InChI=1S/C11H16N2O3/c1-4-9-8(6-13(3)12-9)11(16)7(2)5-10(14)15/h6-7H,4-5H2,1-3H3,(H,14,15). The number of carbonyl (C=O) groups excluding carboxylic acids is 1. The quantitative estimate of drug-likeness (QED) is 0.764. The lowest BCUT2D eigenvalue weighted by Gasteiger charge is -2.06. The number of aryl methyl sites for hydroxylation is 2. The summed E-state index contributed by atoms with van der Waals surface area (Å²) in [5.74, 6) is -1.61. The van der Waals surface area contributed by atoms with E-state index in [4.69, 9.17) is 5.11 Å². The second kappa shape index (κ2) is 4.92. The number of Topliss-reactive ketones (excluding diaryl/α,β-unsaturated/α-hetero) is 1. The third-order valence-electron chi connectivity index (χ3n) is 2.43. The number of rotatable bonds is 5. The molecule has 0 fully saturated rings. The maximum atomic E-state index is 12.0. The Labute approximate surface area is 94.1 Å². The number of hydrogen-bond donors (Lipinski definition) is 1. The van der Waals surface area contributed by atoms with Crippen molar-refractivity contribution in [3.63, 3.8) is 0 Å². The highest BCUT2D eigenvalue weighted by molar-refractivity contribution is 5.99. The van der Waals surface area contributed by atoms with E-state index in [1.54, 1.807) is 24.9 Å². The average molecular weight is 224 g/mol. The number of carboxylic acids is 1. The van der Waals surface area contributed by atoms with E-state index in [1.165, 1.54) is 0 Å². The van der Waals surface area contributed by atoms with Gasteiger partial charge >= 0.3 is 5.97 Å². The summed E-state index contributed by atoms with van der Waals surface area (Å²) in [6, 6.07) is 0. The van der Waals surface area contributed by atoms with Crippen LogP contribution in [0.15, 0.2) is 6.20 Å². The van der Waals surface area contributed by atoms with Gasteiger partial charge in [-0.15, -0.1) is 0 Å². The third-order valence-corrected chi connectivity index (χ3v) is 2.43. The molecule has 88 valence electrons. The molecule has 1 aromatic rings. The Morgan fingerprint density at radius 2 is 2.19 bits per heavy atom. The molecular formula is C11H16N2O3. The van der Waals surface area contributed by atoms with Gasteiger partial charge in [-0.25, -0.2) is 0 Å². The Morgan fingerprint density at radius 1 is 1.56 bits per heavy atom. The monoisotopic (exact) mass is 224 g/mol. The van der Waals surface area contributed by atoms with Gasteiger partial charge in [0.1, 0.15) is 0 Å². The number of nitrogens with zero attached hydrogens (tertiary/aromatic N) is 2. The van der Waals surface area contributed by atoms with E-state index in [-0.39, 0.29) is 12.2 Å². The summed E-state index contributed by atoms with van der Waals surface area (Å²) in [5.41, 5.74) is 1.27. The van der Waals surface area contributed by atoms with Gasteiger partial charge in [-0.05, 0) is 6.42 Å². The van der Waals surface area contributed by atoms with Crippen LogP contribution in [0.25, 0.3) is 0 Å². The van der Waals surface area contributed by atoms with E-state index in [9.17, 15) is 9.59 Å². The van der Waals surface area contributed by atoms with Crippen molar-refractivity contribution in [2.45, 2.75) is 26.7 Å². The molecule has 0 amide bonds. The highest BCUT2D eigenvalue weighted by atomic mass is 16.4. The zero-order chi connectivity index (χ0) is 12.3. The second-order valence-electron chi connectivity index (χ2n) is 3.88. The fourth-order valence-corrected chi connectivity index (χ4v) is 1.62. The van der Waals surface area contributed by atoms with Crippen LogP contribution in [0.3, 0.4) is 0 Å². The average Bonchev–Trinajstić information content (AvgIpc) is 2.57. The lowest BCUT2D eigenvalue weighted by Crippen LogP contribution is -2.16. The summed E-state index contributed by atoms with van der Waals surface area (Å²) in [4.78, 5) is 22.5. The van der Waals surface area contributed by atoms with Crippen molar-refractivity contribution >= 4 is 11.8 Å². The van der Waals surface area contributed by atoms with E-state index in [2.05, 4.69) is 5.10 Å². The Morgan fingerprint density at radius 3 is 2.69 bits per heavy atom. The first-order chi connectivity index (χ1) is 7.45. The fraction of sp³-hybridized carbons (Fsp3) is 0.545. The topological polar surface area (TPSA) is 72.2 Å². The molecule has 0 radical (unpaired) electrons. The predicted molar refractivity (Wildman–Crippen MR) is 58.3 cm³/mol. The van der Waals surface area contributed by atoms with Crippen LogP contribution in [-0.2, 0) is 18.3 Å². The van der Waals surface area contributed by atoms with Crippen molar-refractivity contribution in [2.24, 2.45) is 13.0 Å². The minimum atomic E-state index is -0.956. The smallest absolute Gasteiger partial charge is 0.304 e. The number of carboxylic acid groups (broad SMARTS) is 1. The van der Waals surface area contributed by atoms with Crippen LogP contribution >= 0.6 is 0 Å². The summed E-state index contributed by atoms with van der Waals surface area (Å²) in [7, 11) is 1.75. The fourth-order valence-electron chi connectivity index (χ4n) is 1.62. The summed E-state index contributed by atoms with van der Waals surface area (Å²) in [5, 5.41) is 12.8. The molecule has 1 heterocycles. The van der Waals surface area contributed by atoms with Crippen LogP contribution in [0.5, 0.6) is 0 Å². The summed E-state index contributed by atoms with van der Waals surface area (Å²) < 4.78 is 1.58. The molecule has 0 aliphatic carbocycles. The van der Waals surface area contributed by atoms with Gasteiger partial charge in [-0.3, -0.25) is 14.3 Å². The molecule has 5 nitrogen and oxygen atoms in total. The molecule has 0 aliphatic heterocycles. The predicted octanol–water partition coefficient (Wildman–Crippen LogP) is 1.28. The minimum absolute atomic E-state index is 0.142. The number of aliphatic carboxylic acids is 1. The van der Waals surface area contributed by atoms with Crippen LogP contribution in [0.4, 0.5) is 0 Å². The van der Waals surface area contributed by atoms with Crippen molar-refractivity contribution in [1.29, 1.82) is 0 Å². The molecular weight excluding hydrogens is 208 g/mol. The van der Waals surface area contributed by atoms with Crippen LogP contribution < -0.4 is 0 Å². The second-order valence-corrected chi connectivity index (χ2v) is 3.88. The largest absolute Gasteiger partial charge is 0.481 e. The van der Waals surface area contributed by atoms with E-state index >= 15 is 0 Å². The molecule has 0 aromatic carbocycles. The number of hydrogen-bond acceptors (Lipinski definition) is 3. The lowest BCUT2D eigenvalue weighted by molar-refractivity contribution is -0.137. The van der Waals surface area contributed by atoms with E-state index < -0.39 is 11.9 Å². The minimum Gasteiger partial charge on any atom is -0.481 e. The van der Waals surface area contributed by atoms with Crippen LogP contribution in [0.1, 0.15) is 36.3 Å². The van der Waals surface area contributed by atoms with Gasteiger partial charge < -0.3 is 5.11 Å². The summed E-state index contributed by atoms with van der Waals surface area (Å²) in [6.07, 6.45) is 2.18. The molecule has 1 N–H and O–H groups in total. The molecule has 1 unspecified atom stereocenters. The molecule has 5 heteroatoms. The zero-order valence-corrected chi connectivity index (χ0v) is 9.73. The van der Waals surface area contributed by atoms with Gasteiger partial charge in [0.15, 0.2) is 5.78 Å². The molecule has 1 aromatic heterocycles. The van der Waals surface area contributed by atoms with Gasteiger partial charge in [0, 0.05) is 19.2 Å². The van der Waals surface area contributed by atoms with Crippen LogP contribution in [0, 0.1) is 5.92 Å². The molecule has 0 spiro atoms. The van der Waals surface area contributed by atoms with Gasteiger partial charge in [-0.1, -0.05) is 13.8 Å². The van der Waals surface area contributed by atoms with Gasteiger partial charge in [0.2, 0.25) is 0 Å². The van der Waals surface area contributed by atoms with Crippen molar-refractivity contribution < 1.29 is 14.7 Å². The molecule has 0 saturated carbocycles. The number of aromatic nitrogens is 2. The molecule has 1 rings (SSSR count). The van der Waals surface area contributed by atoms with Crippen molar-refractivity contribution in [3.8, 4) is 0 Å². The van der Waals surface area contributed by atoms with Gasteiger partial charge in [0.25, 0.3) is 0 Å². The normalized spacial score (nSPS) is 12.4. The van der Waals surface area contributed by atoms with Gasteiger partial charge in [0.05, 0.1) is 17.7 Å². The maximum absolute atomic E-state index is 12.0. The van der Waals surface area contributed by atoms with Crippen LogP contribution in [0.2, 0.25) is 0 Å². The van der Waals surface area contributed by atoms with Crippen molar-refractivity contribution in [1.82, 2.24) is 9.78 Å². The van der Waals surface area contributed by atoms with Crippen molar-refractivity contribution in [3.05, 3.63) is 17.5 Å². The number of ketones is 1. The van der Waals surface area contributed by atoms with Crippen LogP contribution in [-0.4, -0.2) is 26.6 Å². The first-order valence-corrected chi connectivity index (χ1v) is 5.24. The Balaban J connectivity index is 2.90. The molecule has 1 atom stereocenters. The Bertz CT molecular complexity index is 409. The van der Waals surface area contributed by atoms with Crippen molar-refractivity contribution in [2.75, 3.05) is 0 Å². The maximum Gasteiger partial charge on any atom is 0.304 e. The lowest BCUT2D eigenvalue weighted by atomic mass is 9.96. The first-order valence-electron chi connectivity index (χ1n) is 5.24. The third kappa shape index (κ3) is 2.68. The molecule has 0 bridgehead atoms.